The van der Waals surface area contributed by atoms with Crippen molar-refractivity contribution in [2.24, 2.45) is 5.73 Å². The Kier molecular flexibility index (Phi) is 3.93. The fourth-order valence-electron chi connectivity index (χ4n) is 1.93. The van der Waals surface area contributed by atoms with Gasteiger partial charge in [0.25, 0.3) is 5.91 Å². The van der Waals surface area contributed by atoms with Crippen LogP contribution in [-0.2, 0) is 6.54 Å². The molecule has 92 valence electrons. The molecule has 17 heavy (non-hydrogen) atoms. The zero-order chi connectivity index (χ0) is 12.1. The SMILES string of the molecule is NCCn1cnc(C(=O)NC2CC=CCC2)c1. The van der Waals surface area contributed by atoms with E-state index in [0.29, 0.717) is 18.8 Å². The smallest absolute Gasteiger partial charge is 0.271 e. The molecule has 0 bridgehead atoms. The van der Waals surface area contributed by atoms with Crippen LogP contribution in [0, 0.1) is 0 Å². The first kappa shape index (κ1) is 11.9. The van der Waals surface area contributed by atoms with Gasteiger partial charge in [0.1, 0.15) is 5.69 Å². The van der Waals surface area contributed by atoms with Crippen molar-refractivity contribution in [2.45, 2.75) is 31.8 Å². The number of rotatable bonds is 4. The number of carbonyl (C=O) groups excluding carboxylic acids is 1. The minimum absolute atomic E-state index is 0.0962. The lowest BCUT2D eigenvalue weighted by Crippen LogP contribution is -2.35. The number of amides is 1. The minimum Gasteiger partial charge on any atom is -0.348 e. The quantitative estimate of drug-likeness (QED) is 0.752. The molecule has 0 radical (unpaired) electrons. The van der Waals surface area contributed by atoms with Crippen molar-refractivity contribution in [3.8, 4) is 0 Å². The molecular formula is C12H18N4O. The van der Waals surface area contributed by atoms with Crippen molar-refractivity contribution in [3.63, 3.8) is 0 Å². The van der Waals surface area contributed by atoms with E-state index in [9.17, 15) is 4.79 Å². The Hall–Kier alpha value is -1.62. The summed E-state index contributed by atoms with van der Waals surface area (Å²) in [5.41, 5.74) is 5.90. The van der Waals surface area contributed by atoms with Crippen LogP contribution >= 0.6 is 0 Å². The molecule has 1 atom stereocenters. The van der Waals surface area contributed by atoms with Gasteiger partial charge in [-0.1, -0.05) is 12.2 Å². The van der Waals surface area contributed by atoms with Crippen molar-refractivity contribution >= 4 is 5.91 Å². The summed E-state index contributed by atoms with van der Waals surface area (Å²) in [4.78, 5) is 16.0. The number of nitrogens with one attached hydrogen (secondary N) is 1. The molecule has 5 nitrogen and oxygen atoms in total. The molecule has 0 saturated heterocycles. The molecule has 2 rings (SSSR count). The number of imidazole rings is 1. The van der Waals surface area contributed by atoms with E-state index in [1.807, 2.05) is 4.57 Å². The summed E-state index contributed by atoms with van der Waals surface area (Å²) < 4.78 is 1.83. The van der Waals surface area contributed by atoms with E-state index in [1.54, 1.807) is 12.5 Å². The number of allylic oxidation sites excluding steroid dienone is 1. The van der Waals surface area contributed by atoms with Gasteiger partial charge < -0.3 is 15.6 Å². The monoisotopic (exact) mass is 234 g/mol. The summed E-state index contributed by atoms with van der Waals surface area (Å²) in [7, 11) is 0. The lowest BCUT2D eigenvalue weighted by Gasteiger charge is -2.18. The van der Waals surface area contributed by atoms with Crippen molar-refractivity contribution in [1.82, 2.24) is 14.9 Å². The molecule has 1 heterocycles. The van der Waals surface area contributed by atoms with Crippen LogP contribution in [0.25, 0.3) is 0 Å². The van der Waals surface area contributed by atoms with E-state index < -0.39 is 0 Å². The Morgan fingerprint density at radius 3 is 3.18 bits per heavy atom. The predicted octanol–water partition coefficient (Wildman–Crippen LogP) is 0.680. The maximum absolute atomic E-state index is 11.9. The lowest BCUT2D eigenvalue weighted by molar-refractivity contribution is 0.0930. The highest BCUT2D eigenvalue weighted by Gasteiger charge is 2.15. The third-order valence-electron chi connectivity index (χ3n) is 2.86. The minimum atomic E-state index is -0.0962. The predicted molar refractivity (Wildman–Crippen MR) is 65.5 cm³/mol. The van der Waals surface area contributed by atoms with Crippen LogP contribution in [0.2, 0.25) is 0 Å². The van der Waals surface area contributed by atoms with Gasteiger partial charge in [-0.2, -0.15) is 0 Å². The molecule has 1 unspecified atom stereocenters. The molecular weight excluding hydrogens is 216 g/mol. The number of carbonyl (C=O) groups is 1. The van der Waals surface area contributed by atoms with Crippen LogP contribution in [-0.4, -0.2) is 28.0 Å². The fraction of sp³-hybridized carbons (Fsp3) is 0.500. The van der Waals surface area contributed by atoms with Gasteiger partial charge in [0.2, 0.25) is 0 Å². The molecule has 5 heteroatoms. The molecule has 0 fully saturated rings. The van der Waals surface area contributed by atoms with Crippen LogP contribution in [0.1, 0.15) is 29.8 Å². The molecule has 1 amide bonds. The standard InChI is InChI=1S/C12H18N4O/c13-6-7-16-8-11(14-9-16)12(17)15-10-4-2-1-3-5-10/h1-2,8-10H,3-7,13H2,(H,15,17). The van der Waals surface area contributed by atoms with Crippen molar-refractivity contribution in [3.05, 3.63) is 30.4 Å². The average Bonchev–Trinajstić information content (AvgIpc) is 2.79. The van der Waals surface area contributed by atoms with E-state index in [0.717, 1.165) is 19.3 Å². The molecule has 1 aromatic rings. The first-order chi connectivity index (χ1) is 8.29. The maximum Gasteiger partial charge on any atom is 0.271 e. The van der Waals surface area contributed by atoms with Crippen LogP contribution in [0.3, 0.4) is 0 Å². The number of aromatic nitrogens is 2. The highest BCUT2D eigenvalue weighted by molar-refractivity contribution is 5.92. The molecule has 3 N–H and O–H groups in total. The molecule has 1 aromatic heterocycles. The highest BCUT2D eigenvalue weighted by Crippen LogP contribution is 2.11. The summed E-state index contributed by atoms with van der Waals surface area (Å²) in [6, 6.07) is 0.243. The number of nitrogens with zero attached hydrogens (tertiary/aromatic N) is 2. The number of nitrogens with two attached hydrogens (primary N) is 1. The van der Waals surface area contributed by atoms with Gasteiger partial charge in [-0.15, -0.1) is 0 Å². The average molecular weight is 234 g/mol. The highest BCUT2D eigenvalue weighted by atomic mass is 16.2. The second-order valence-electron chi connectivity index (χ2n) is 4.24. The van der Waals surface area contributed by atoms with Gasteiger partial charge in [0, 0.05) is 25.3 Å². The summed E-state index contributed by atoms with van der Waals surface area (Å²) in [5, 5.41) is 2.99. The normalized spacial score (nSPS) is 19.2. The summed E-state index contributed by atoms with van der Waals surface area (Å²) >= 11 is 0. The van der Waals surface area contributed by atoms with E-state index in [4.69, 9.17) is 5.73 Å². The Labute approximate surface area is 101 Å². The molecule has 0 saturated carbocycles. The van der Waals surface area contributed by atoms with Gasteiger partial charge in [-0.25, -0.2) is 4.98 Å². The second-order valence-corrected chi connectivity index (χ2v) is 4.24. The van der Waals surface area contributed by atoms with Crippen molar-refractivity contribution in [1.29, 1.82) is 0 Å². The zero-order valence-corrected chi connectivity index (χ0v) is 9.80. The molecule has 1 aliphatic carbocycles. The van der Waals surface area contributed by atoms with Crippen LogP contribution in [0.15, 0.2) is 24.7 Å². The molecule has 0 aromatic carbocycles. The number of hydrogen-bond acceptors (Lipinski definition) is 3. The summed E-state index contributed by atoms with van der Waals surface area (Å²) in [6.07, 6.45) is 10.6. The van der Waals surface area contributed by atoms with Gasteiger partial charge in [-0.3, -0.25) is 4.79 Å². The second kappa shape index (κ2) is 5.63. The van der Waals surface area contributed by atoms with E-state index in [2.05, 4.69) is 22.5 Å². The Bertz CT molecular complexity index is 410. The summed E-state index contributed by atoms with van der Waals surface area (Å²) in [5.74, 6) is -0.0962. The third kappa shape index (κ3) is 3.17. The first-order valence-corrected chi connectivity index (χ1v) is 5.97. The van der Waals surface area contributed by atoms with Gasteiger partial charge in [-0.05, 0) is 19.3 Å². The van der Waals surface area contributed by atoms with E-state index >= 15 is 0 Å². The topological polar surface area (TPSA) is 72.9 Å². The van der Waals surface area contributed by atoms with Gasteiger partial charge in [0.05, 0.1) is 6.33 Å². The van der Waals surface area contributed by atoms with Crippen molar-refractivity contribution < 1.29 is 4.79 Å². The summed E-state index contributed by atoms with van der Waals surface area (Å²) in [6.45, 7) is 1.23. The molecule has 0 aliphatic heterocycles. The van der Waals surface area contributed by atoms with Crippen LogP contribution < -0.4 is 11.1 Å². The van der Waals surface area contributed by atoms with Crippen LogP contribution in [0.4, 0.5) is 0 Å². The molecule has 1 aliphatic rings. The van der Waals surface area contributed by atoms with Crippen molar-refractivity contribution in [2.75, 3.05) is 6.54 Å². The zero-order valence-electron chi connectivity index (χ0n) is 9.80. The fourth-order valence-corrected chi connectivity index (χ4v) is 1.93. The van der Waals surface area contributed by atoms with E-state index in [1.165, 1.54) is 0 Å². The third-order valence-corrected chi connectivity index (χ3v) is 2.86. The largest absolute Gasteiger partial charge is 0.348 e. The first-order valence-electron chi connectivity index (χ1n) is 5.97. The Morgan fingerprint density at radius 2 is 2.47 bits per heavy atom. The molecule has 0 spiro atoms. The van der Waals surface area contributed by atoms with Gasteiger partial charge >= 0.3 is 0 Å². The lowest BCUT2D eigenvalue weighted by atomic mass is 10.0. The maximum atomic E-state index is 11.9. The van der Waals surface area contributed by atoms with E-state index in [-0.39, 0.29) is 11.9 Å². The Morgan fingerprint density at radius 1 is 1.59 bits per heavy atom. The number of hydrogen-bond donors (Lipinski definition) is 2. The van der Waals surface area contributed by atoms with Gasteiger partial charge in [0.15, 0.2) is 0 Å². The Balaban J connectivity index is 1.91. The van der Waals surface area contributed by atoms with Crippen LogP contribution in [0.5, 0.6) is 0 Å².